The number of hydrogen-bond donors (Lipinski definition) is 2. The Kier molecular flexibility index (Phi) is 2.91. The maximum Gasteiger partial charge on any atom is 0.142 e. The number of imidazole rings is 1. The molecular weight excluding hydrogens is 260 g/mol. The molecule has 0 saturated carbocycles. The van der Waals surface area contributed by atoms with E-state index in [9.17, 15) is 5.11 Å². The monoisotopic (exact) mass is 272 g/mol. The Morgan fingerprint density at radius 2 is 2.05 bits per heavy atom. The maximum absolute atomic E-state index is 10.2. The van der Waals surface area contributed by atoms with E-state index in [0.717, 1.165) is 22.2 Å². The number of nitrogens with one attached hydrogen (secondary N) is 1. The summed E-state index contributed by atoms with van der Waals surface area (Å²) in [7, 11) is 0. The third kappa shape index (κ3) is 2.06. The fraction of sp³-hybridized carbons (Fsp3) is 0.133. The van der Waals surface area contributed by atoms with Crippen molar-refractivity contribution in [1.82, 2.24) is 9.97 Å². The highest BCUT2D eigenvalue weighted by atomic mass is 35.5. The molecule has 2 aromatic carbocycles. The first-order chi connectivity index (χ1) is 9.19. The summed E-state index contributed by atoms with van der Waals surface area (Å²) in [6.45, 7) is 1.97. The van der Waals surface area contributed by atoms with E-state index in [1.807, 2.05) is 43.3 Å². The van der Waals surface area contributed by atoms with Crippen LogP contribution < -0.4 is 0 Å². The summed E-state index contributed by atoms with van der Waals surface area (Å²) < 4.78 is 0. The summed E-state index contributed by atoms with van der Waals surface area (Å²) in [5.74, 6) is 1.13. The van der Waals surface area contributed by atoms with Crippen molar-refractivity contribution in [3.05, 3.63) is 47.5 Å². The molecule has 0 saturated heterocycles. The Balaban J connectivity index is 2.23. The normalized spacial score (nSPS) is 11.1. The zero-order valence-electron chi connectivity index (χ0n) is 10.4. The van der Waals surface area contributed by atoms with E-state index >= 15 is 0 Å². The van der Waals surface area contributed by atoms with Crippen molar-refractivity contribution in [3.8, 4) is 17.1 Å². The molecule has 1 heterocycles. The van der Waals surface area contributed by atoms with Gasteiger partial charge >= 0.3 is 0 Å². The van der Waals surface area contributed by atoms with Crippen LogP contribution >= 0.6 is 11.6 Å². The van der Waals surface area contributed by atoms with Crippen LogP contribution in [0.2, 0.25) is 0 Å². The average molecular weight is 273 g/mol. The highest BCUT2D eigenvalue weighted by molar-refractivity contribution is 6.17. The van der Waals surface area contributed by atoms with Crippen LogP contribution in [0, 0.1) is 6.92 Å². The van der Waals surface area contributed by atoms with Crippen molar-refractivity contribution in [2.45, 2.75) is 12.8 Å². The first-order valence-electron chi connectivity index (χ1n) is 6.02. The Morgan fingerprint density at radius 1 is 1.26 bits per heavy atom. The number of nitrogens with zero attached hydrogens (tertiary/aromatic N) is 1. The molecule has 0 bridgehead atoms. The number of aromatic amines is 1. The first kappa shape index (κ1) is 12.1. The summed E-state index contributed by atoms with van der Waals surface area (Å²) in [5.41, 5.74) is 4.28. The number of benzene rings is 2. The lowest BCUT2D eigenvalue weighted by Crippen LogP contribution is -1.89. The molecule has 0 fully saturated rings. The van der Waals surface area contributed by atoms with E-state index in [2.05, 4.69) is 9.97 Å². The van der Waals surface area contributed by atoms with Gasteiger partial charge in [0, 0.05) is 5.56 Å². The van der Waals surface area contributed by atoms with Gasteiger partial charge in [0.05, 0.1) is 22.5 Å². The van der Waals surface area contributed by atoms with Gasteiger partial charge < -0.3 is 10.1 Å². The van der Waals surface area contributed by atoms with Crippen LogP contribution in [0.3, 0.4) is 0 Å². The predicted octanol–water partition coefficient (Wildman–Crippen LogP) is 3.98. The van der Waals surface area contributed by atoms with Gasteiger partial charge in [0.15, 0.2) is 0 Å². The van der Waals surface area contributed by atoms with Crippen LogP contribution in [-0.2, 0) is 5.88 Å². The number of alkyl halides is 1. The molecule has 3 rings (SSSR count). The summed E-state index contributed by atoms with van der Waals surface area (Å²) >= 11 is 5.85. The number of aromatic hydroxyl groups is 1. The van der Waals surface area contributed by atoms with E-state index < -0.39 is 0 Å². The highest BCUT2D eigenvalue weighted by Crippen LogP contribution is 2.33. The van der Waals surface area contributed by atoms with Crippen LogP contribution in [-0.4, -0.2) is 15.1 Å². The molecule has 0 unspecified atom stereocenters. The molecule has 3 aromatic rings. The lowest BCUT2D eigenvalue weighted by Gasteiger charge is -2.07. The maximum atomic E-state index is 10.2. The van der Waals surface area contributed by atoms with Gasteiger partial charge in [-0.3, -0.25) is 0 Å². The fourth-order valence-corrected chi connectivity index (χ4v) is 2.42. The van der Waals surface area contributed by atoms with Gasteiger partial charge in [-0.15, -0.1) is 11.6 Å². The Hall–Kier alpha value is -2.00. The molecule has 19 heavy (non-hydrogen) atoms. The zero-order valence-corrected chi connectivity index (χ0v) is 11.2. The van der Waals surface area contributed by atoms with Crippen LogP contribution in [0.1, 0.15) is 11.1 Å². The Bertz CT molecular complexity index is 716. The number of halogens is 1. The molecule has 2 N–H and O–H groups in total. The van der Waals surface area contributed by atoms with E-state index in [-0.39, 0.29) is 11.6 Å². The molecule has 0 amide bonds. The summed E-state index contributed by atoms with van der Waals surface area (Å²) in [6, 6.07) is 11.6. The number of para-hydroxylation sites is 2. The molecule has 0 spiro atoms. The van der Waals surface area contributed by atoms with Crippen LogP contribution in [0.25, 0.3) is 22.4 Å². The number of rotatable bonds is 2. The zero-order chi connectivity index (χ0) is 13.4. The van der Waals surface area contributed by atoms with Gasteiger partial charge in [-0.1, -0.05) is 18.2 Å². The number of hydrogen-bond acceptors (Lipinski definition) is 2. The minimum atomic E-state index is 0.194. The molecule has 0 aliphatic carbocycles. The second kappa shape index (κ2) is 4.59. The second-order valence-electron chi connectivity index (χ2n) is 4.56. The number of aromatic nitrogens is 2. The Labute approximate surface area is 115 Å². The van der Waals surface area contributed by atoms with E-state index in [4.69, 9.17) is 11.6 Å². The molecule has 0 radical (unpaired) electrons. The van der Waals surface area contributed by atoms with Crippen molar-refractivity contribution >= 4 is 22.6 Å². The number of aryl methyl sites for hydroxylation is 1. The van der Waals surface area contributed by atoms with E-state index in [1.165, 1.54) is 0 Å². The third-order valence-electron chi connectivity index (χ3n) is 3.12. The molecule has 4 heteroatoms. The average Bonchev–Trinajstić information content (AvgIpc) is 2.84. The summed E-state index contributed by atoms with van der Waals surface area (Å²) in [5, 5.41) is 10.2. The largest absolute Gasteiger partial charge is 0.507 e. The highest BCUT2D eigenvalue weighted by Gasteiger charge is 2.13. The standard InChI is InChI=1S/C15H13ClN2O/c1-9-6-10(8-16)14(19)11(7-9)15-17-12-4-2-3-5-13(12)18-15/h2-7,19H,8H2,1H3,(H,17,18). The van der Waals surface area contributed by atoms with Gasteiger partial charge in [-0.2, -0.15) is 0 Å². The van der Waals surface area contributed by atoms with Crippen molar-refractivity contribution < 1.29 is 5.11 Å². The number of phenols is 1. The molecule has 0 aliphatic heterocycles. The van der Waals surface area contributed by atoms with Gasteiger partial charge in [0.25, 0.3) is 0 Å². The molecule has 0 atom stereocenters. The smallest absolute Gasteiger partial charge is 0.142 e. The summed E-state index contributed by atoms with van der Waals surface area (Å²) in [4.78, 5) is 7.72. The van der Waals surface area contributed by atoms with Crippen molar-refractivity contribution in [1.29, 1.82) is 0 Å². The topological polar surface area (TPSA) is 48.9 Å². The van der Waals surface area contributed by atoms with Crippen molar-refractivity contribution in [3.63, 3.8) is 0 Å². The minimum absolute atomic E-state index is 0.194. The van der Waals surface area contributed by atoms with Crippen molar-refractivity contribution in [2.24, 2.45) is 0 Å². The molecule has 96 valence electrons. The van der Waals surface area contributed by atoms with Crippen LogP contribution in [0.15, 0.2) is 36.4 Å². The van der Waals surface area contributed by atoms with Gasteiger partial charge in [0.2, 0.25) is 0 Å². The number of fused-ring (bicyclic) bond motifs is 1. The molecule has 3 nitrogen and oxygen atoms in total. The summed E-state index contributed by atoms with van der Waals surface area (Å²) in [6.07, 6.45) is 0. The lowest BCUT2D eigenvalue weighted by atomic mass is 10.1. The quantitative estimate of drug-likeness (QED) is 0.693. The second-order valence-corrected chi connectivity index (χ2v) is 4.82. The fourth-order valence-electron chi connectivity index (χ4n) is 2.22. The molecule has 0 aliphatic rings. The van der Waals surface area contributed by atoms with Crippen LogP contribution in [0.4, 0.5) is 0 Å². The van der Waals surface area contributed by atoms with Crippen molar-refractivity contribution in [2.75, 3.05) is 0 Å². The number of H-pyrrole nitrogens is 1. The van der Waals surface area contributed by atoms with E-state index in [1.54, 1.807) is 0 Å². The number of phenolic OH excluding ortho intramolecular Hbond substituents is 1. The molecular formula is C15H13ClN2O. The Morgan fingerprint density at radius 3 is 2.79 bits per heavy atom. The van der Waals surface area contributed by atoms with E-state index in [0.29, 0.717) is 11.4 Å². The van der Waals surface area contributed by atoms with Gasteiger partial charge in [-0.25, -0.2) is 4.98 Å². The lowest BCUT2D eigenvalue weighted by molar-refractivity contribution is 0.472. The molecule has 1 aromatic heterocycles. The van der Waals surface area contributed by atoms with Gasteiger partial charge in [-0.05, 0) is 30.7 Å². The minimum Gasteiger partial charge on any atom is -0.507 e. The van der Waals surface area contributed by atoms with Crippen LogP contribution in [0.5, 0.6) is 5.75 Å². The first-order valence-corrected chi connectivity index (χ1v) is 6.56. The predicted molar refractivity (Wildman–Crippen MR) is 77.5 cm³/mol. The SMILES string of the molecule is Cc1cc(CCl)c(O)c(-c2nc3ccccc3[nH]2)c1. The van der Waals surface area contributed by atoms with Gasteiger partial charge in [0.1, 0.15) is 11.6 Å². The third-order valence-corrected chi connectivity index (χ3v) is 3.41.